The van der Waals surface area contributed by atoms with Gasteiger partial charge in [0.05, 0.1) is 10.2 Å². The van der Waals surface area contributed by atoms with Gasteiger partial charge in [0.2, 0.25) is 0 Å². The molecule has 0 unspecified atom stereocenters. The first-order valence-electron chi connectivity index (χ1n) is 6.14. The maximum Gasteiger partial charge on any atom is 0.150 e. The Kier molecular flexibility index (Phi) is 3.01. The average molecular weight is 260 g/mol. The van der Waals surface area contributed by atoms with Gasteiger partial charge in [-0.05, 0) is 12.8 Å². The van der Waals surface area contributed by atoms with Crippen LogP contribution in [0.25, 0.3) is 16.3 Å². The minimum absolute atomic E-state index is 0.339. The van der Waals surface area contributed by atoms with Crippen molar-refractivity contribution in [2.75, 3.05) is 18.0 Å². The molecule has 0 atom stereocenters. The standard InChI is InChI=1S/C13H16N4S/c1-2-9-7-18-12-11(9)15-8-16-13(12)17-5-3-10(14)4-6-17/h2,7-8,10H,1,3-6,14H2. The van der Waals surface area contributed by atoms with Gasteiger partial charge >= 0.3 is 0 Å². The number of nitrogens with zero attached hydrogens (tertiary/aromatic N) is 3. The zero-order valence-corrected chi connectivity index (χ0v) is 11.0. The van der Waals surface area contributed by atoms with Gasteiger partial charge in [-0.1, -0.05) is 12.7 Å². The normalized spacial score (nSPS) is 17.3. The number of thiophene rings is 1. The van der Waals surface area contributed by atoms with Crippen molar-refractivity contribution < 1.29 is 0 Å². The Hall–Kier alpha value is -1.46. The zero-order valence-electron chi connectivity index (χ0n) is 10.2. The number of rotatable bonds is 2. The molecule has 5 heteroatoms. The molecule has 0 aromatic carbocycles. The van der Waals surface area contributed by atoms with E-state index < -0.39 is 0 Å². The quantitative estimate of drug-likeness (QED) is 0.900. The second-order valence-corrected chi connectivity index (χ2v) is 5.47. The number of aromatic nitrogens is 2. The summed E-state index contributed by atoms with van der Waals surface area (Å²) in [6, 6.07) is 0.339. The second kappa shape index (κ2) is 4.66. The van der Waals surface area contributed by atoms with Crippen molar-refractivity contribution in [3.63, 3.8) is 0 Å². The first-order chi connectivity index (χ1) is 8.79. The van der Waals surface area contributed by atoms with E-state index in [1.807, 2.05) is 6.08 Å². The topological polar surface area (TPSA) is 55.0 Å². The van der Waals surface area contributed by atoms with Crippen LogP contribution < -0.4 is 10.6 Å². The molecule has 3 heterocycles. The summed E-state index contributed by atoms with van der Waals surface area (Å²) in [4.78, 5) is 11.1. The summed E-state index contributed by atoms with van der Waals surface area (Å²) in [5.74, 6) is 1.05. The second-order valence-electron chi connectivity index (χ2n) is 4.59. The molecule has 2 N–H and O–H groups in total. The molecule has 18 heavy (non-hydrogen) atoms. The molecule has 4 nitrogen and oxygen atoms in total. The summed E-state index contributed by atoms with van der Waals surface area (Å²) in [5.41, 5.74) is 8.04. The van der Waals surface area contributed by atoms with Crippen molar-refractivity contribution in [3.8, 4) is 0 Å². The van der Waals surface area contributed by atoms with Crippen LogP contribution >= 0.6 is 11.3 Å². The number of hydrogen-bond acceptors (Lipinski definition) is 5. The van der Waals surface area contributed by atoms with Crippen LogP contribution in [0.3, 0.4) is 0 Å². The molecule has 0 saturated carbocycles. The Morgan fingerprint density at radius 2 is 2.17 bits per heavy atom. The predicted molar refractivity (Wildman–Crippen MR) is 76.9 cm³/mol. The minimum Gasteiger partial charge on any atom is -0.355 e. The fourth-order valence-corrected chi connectivity index (χ4v) is 3.36. The lowest BCUT2D eigenvalue weighted by atomic mass is 10.1. The summed E-state index contributed by atoms with van der Waals surface area (Å²) in [5, 5.41) is 2.09. The van der Waals surface area contributed by atoms with Crippen LogP contribution in [0, 0.1) is 0 Å². The largest absolute Gasteiger partial charge is 0.355 e. The Morgan fingerprint density at radius 3 is 2.89 bits per heavy atom. The lowest BCUT2D eigenvalue weighted by molar-refractivity contribution is 0.499. The van der Waals surface area contributed by atoms with E-state index in [4.69, 9.17) is 5.73 Å². The molecule has 2 aromatic heterocycles. The van der Waals surface area contributed by atoms with Crippen LogP contribution in [0.1, 0.15) is 18.4 Å². The summed E-state index contributed by atoms with van der Waals surface area (Å²) in [7, 11) is 0. The first-order valence-corrected chi connectivity index (χ1v) is 7.02. The van der Waals surface area contributed by atoms with Crippen LogP contribution in [0.4, 0.5) is 5.82 Å². The highest BCUT2D eigenvalue weighted by molar-refractivity contribution is 7.18. The molecule has 3 rings (SSSR count). The fraction of sp³-hybridized carbons (Fsp3) is 0.385. The third kappa shape index (κ3) is 1.89. The highest BCUT2D eigenvalue weighted by atomic mass is 32.1. The number of nitrogens with two attached hydrogens (primary N) is 1. The van der Waals surface area contributed by atoms with Crippen molar-refractivity contribution >= 4 is 33.4 Å². The SMILES string of the molecule is C=Cc1csc2c(N3CCC(N)CC3)ncnc12. The summed E-state index contributed by atoms with van der Waals surface area (Å²) in [6.07, 6.45) is 5.56. The predicted octanol–water partition coefficient (Wildman–Crippen LogP) is 2.26. The average Bonchev–Trinajstić information content (AvgIpc) is 2.82. The van der Waals surface area contributed by atoms with Gasteiger partial charge in [0.25, 0.3) is 0 Å². The van der Waals surface area contributed by atoms with E-state index in [1.165, 1.54) is 0 Å². The van der Waals surface area contributed by atoms with Gasteiger partial charge in [0, 0.05) is 30.1 Å². The van der Waals surface area contributed by atoms with Gasteiger partial charge in [-0.25, -0.2) is 9.97 Å². The minimum atomic E-state index is 0.339. The van der Waals surface area contributed by atoms with Crippen LogP contribution in [-0.2, 0) is 0 Å². The molecule has 0 radical (unpaired) electrons. The lowest BCUT2D eigenvalue weighted by Gasteiger charge is -2.31. The van der Waals surface area contributed by atoms with Crippen molar-refractivity contribution in [3.05, 3.63) is 23.8 Å². The smallest absolute Gasteiger partial charge is 0.150 e. The zero-order chi connectivity index (χ0) is 12.5. The molecule has 0 spiro atoms. The van der Waals surface area contributed by atoms with Crippen molar-refractivity contribution in [1.82, 2.24) is 9.97 Å². The molecule has 0 aliphatic carbocycles. The van der Waals surface area contributed by atoms with Crippen LogP contribution in [0.15, 0.2) is 18.3 Å². The Bertz CT molecular complexity index is 569. The van der Waals surface area contributed by atoms with E-state index in [0.29, 0.717) is 6.04 Å². The van der Waals surface area contributed by atoms with Crippen molar-refractivity contribution in [2.45, 2.75) is 18.9 Å². The number of anilines is 1. The van der Waals surface area contributed by atoms with Gasteiger partial charge in [-0.2, -0.15) is 0 Å². The Balaban J connectivity index is 2.01. The number of piperidine rings is 1. The molecule has 0 amide bonds. The maximum absolute atomic E-state index is 5.94. The summed E-state index contributed by atoms with van der Waals surface area (Å²) in [6.45, 7) is 5.78. The highest BCUT2D eigenvalue weighted by Crippen LogP contribution is 2.32. The molecule has 1 saturated heterocycles. The van der Waals surface area contributed by atoms with E-state index in [9.17, 15) is 0 Å². The molecular formula is C13H16N4S. The first kappa shape index (κ1) is 11.6. The van der Waals surface area contributed by atoms with E-state index in [-0.39, 0.29) is 0 Å². The number of fused-ring (bicyclic) bond motifs is 1. The van der Waals surface area contributed by atoms with Crippen LogP contribution in [-0.4, -0.2) is 29.1 Å². The van der Waals surface area contributed by atoms with Crippen molar-refractivity contribution in [1.29, 1.82) is 0 Å². The third-order valence-corrected chi connectivity index (χ3v) is 4.40. The Morgan fingerprint density at radius 1 is 1.39 bits per heavy atom. The van der Waals surface area contributed by atoms with Crippen LogP contribution in [0.2, 0.25) is 0 Å². The van der Waals surface area contributed by atoms with Gasteiger partial charge < -0.3 is 10.6 Å². The van der Waals surface area contributed by atoms with Crippen molar-refractivity contribution in [2.24, 2.45) is 5.73 Å². The monoisotopic (exact) mass is 260 g/mol. The fourth-order valence-electron chi connectivity index (χ4n) is 2.34. The third-order valence-electron chi connectivity index (χ3n) is 3.42. The molecule has 94 valence electrons. The van der Waals surface area contributed by atoms with Gasteiger partial charge in [0.1, 0.15) is 12.1 Å². The van der Waals surface area contributed by atoms with E-state index in [0.717, 1.165) is 47.5 Å². The number of hydrogen-bond donors (Lipinski definition) is 1. The van der Waals surface area contributed by atoms with E-state index in [1.54, 1.807) is 17.7 Å². The van der Waals surface area contributed by atoms with Gasteiger partial charge in [-0.15, -0.1) is 11.3 Å². The molecule has 1 aliphatic heterocycles. The van der Waals surface area contributed by atoms with E-state index >= 15 is 0 Å². The maximum atomic E-state index is 5.94. The van der Waals surface area contributed by atoms with Crippen LogP contribution in [0.5, 0.6) is 0 Å². The van der Waals surface area contributed by atoms with E-state index in [2.05, 4.69) is 26.8 Å². The Labute approximate surface area is 110 Å². The van der Waals surface area contributed by atoms with Gasteiger partial charge in [-0.3, -0.25) is 0 Å². The summed E-state index contributed by atoms with van der Waals surface area (Å²) >= 11 is 1.69. The molecule has 0 bridgehead atoms. The molecule has 2 aromatic rings. The lowest BCUT2D eigenvalue weighted by Crippen LogP contribution is -2.40. The highest BCUT2D eigenvalue weighted by Gasteiger charge is 2.20. The summed E-state index contributed by atoms with van der Waals surface area (Å²) < 4.78 is 1.16. The molecule has 1 aliphatic rings. The molecular weight excluding hydrogens is 244 g/mol. The molecule has 1 fully saturated rings. The van der Waals surface area contributed by atoms with Gasteiger partial charge in [0.15, 0.2) is 0 Å².